The van der Waals surface area contributed by atoms with Crippen LogP contribution in [0.25, 0.3) is 0 Å². The summed E-state index contributed by atoms with van der Waals surface area (Å²) in [7, 11) is 1.34. The molecule has 5 nitrogen and oxygen atoms in total. The van der Waals surface area contributed by atoms with E-state index >= 15 is 0 Å². The Morgan fingerprint density at radius 3 is 2.71 bits per heavy atom. The Labute approximate surface area is 124 Å². The largest absolute Gasteiger partial charge is 0.465 e. The number of nitrogens with two attached hydrogens (primary N) is 1. The van der Waals surface area contributed by atoms with Crippen molar-refractivity contribution in [2.45, 2.75) is 20.4 Å². The minimum Gasteiger partial charge on any atom is -0.465 e. The van der Waals surface area contributed by atoms with Crippen molar-refractivity contribution in [2.24, 2.45) is 0 Å². The molecule has 0 radical (unpaired) electrons. The minimum atomic E-state index is -0.434. The zero-order chi connectivity index (χ0) is 15.4. The lowest BCUT2D eigenvalue weighted by Gasteiger charge is -2.12. The molecule has 3 N–H and O–H groups in total. The summed E-state index contributed by atoms with van der Waals surface area (Å²) in [5.74, 6) is -0.434. The number of hydrogen-bond acceptors (Lipinski definition) is 5. The highest BCUT2D eigenvalue weighted by Gasteiger charge is 2.13. The number of aryl methyl sites for hydroxylation is 2. The van der Waals surface area contributed by atoms with E-state index in [0.717, 1.165) is 22.5 Å². The fourth-order valence-corrected chi connectivity index (χ4v) is 1.99. The van der Waals surface area contributed by atoms with E-state index in [4.69, 9.17) is 10.5 Å². The van der Waals surface area contributed by atoms with E-state index in [1.807, 2.05) is 38.2 Å². The van der Waals surface area contributed by atoms with Gasteiger partial charge in [-0.25, -0.2) is 4.79 Å². The number of pyridine rings is 1. The van der Waals surface area contributed by atoms with Crippen LogP contribution in [0.15, 0.2) is 30.5 Å². The average molecular weight is 285 g/mol. The Balaban J connectivity index is 2.18. The number of methoxy groups -OCH3 is 1. The number of nitrogens with one attached hydrogen (secondary N) is 1. The lowest BCUT2D eigenvalue weighted by Crippen LogP contribution is -2.09. The van der Waals surface area contributed by atoms with Crippen molar-refractivity contribution in [3.63, 3.8) is 0 Å². The van der Waals surface area contributed by atoms with Gasteiger partial charge in [0.1, 0.15) is 0 Å². The molecular weight excluding hydrogens is 266 g/mol. The number of carbonyl (C=O) groups excluding carboxylic acids is 1. The van der Waals surface area contributed by atoms with Crippen LogP contribution < -0.4 is 11.1 Å². The van der Waals surface area contributed by atoms with Gasteiger partial charge in [-0.15, -0.1) is 0 Å². The molecule has 0 saturated carbocycles. The predicted octanol–water partition coefficient (Wildman–Crippen LogP) is 2.68. The first-order valence-electron chi connectivity index (χ1n) is 6.65. The second kappa shape index (κ2) is 6.26. The molecule has 0 bridgehead atoms. The molecule has 0 aliphatic carbocycles. The van der Waals surface area contributed by atoms with Crippen molar-refractivity contribution in [3.8, 4) is 0 Å². The van der Waals surface area contributed by atoms with E-state index in [1.54, 1.807) is 6.07 Å². The molecule has 1 aromatic heterocycles. The van der Waals surface area contributed by atoms with E-state index in [1.165, 1.54) is 7.11 Å². The number of hydrogen-bond donors (Lipinski definition) is 2. The average Bonchev–Trinajstić information content (AvgIpc) is 2.49. The monoisotopic (exact) mass is 285 g/mol. The summed E-state index contributed by atoms with van der Waals surface area (Å²) in [6, 6.07) is 7.59. The molecule has 0 aliphatic heterocycles. The van der Waals surface area contributed by atoms with E-state index in [2.05, 4.69) is 10.3 Å². The quantitative estimate of drug-likeness (QED) is 0.667. The molecule has 1 heterocycles. The van der Waals surface area contributed by atoms with Gasteiger partial charge in [-0.05, 0) is 43.2 Å². The second-order valence-electron chi connectivity index (χ2n) is 4.91. The molecule has 21 heavy (non-hydrogen) atoms. The number of ether oxygens (including phenoxy) is 1. The molecule has 0 unspecified atom stereocenters. The Morgan fingerprint density at radius 1 is 1.33 bits per heavy atom. The van der Waals surface area contributed by atoms with Crippen LogP contribution in [0.3, 0.4) is 0 Å². The van der Waals surface area contributed by atoms with Gasteiger partial charge < -0.3 is 15.8 Å². The van der Waals surface area contributed by atoms with E-state index in [-0.39, 0.29) is 0 Å². The summed E-state index contributed by atoms with van der Waals surface area (Å²) in [6.45, 7) is 4.43. The van der Waals surface area contributed by atoms with Gasteiger partial charge in [-0.2, -0.15) is 0 Å². The van der Waals surface area contributed by atoms with Crippen LogP contribution >= 0.6 is 0 Å². The van der Waals surface area contributed by atoms with E-state index < -0.39 is 5.97 Å². The normalized spacial score (nSPS) is 10.2. The molecule has 0 atom stereocenters. The van der Waals surface area contributed by atoms with Gasteiger partial charge in [0, 0.05) is 29.8 Å². The smallest absolute Gasteiger partial charge is 0.340 e. The standard InChI is InChI=1S/C16H19N3O2/c1-10-6-13(7-14(15(10)17)16(20)21-3)19-9-12-5-4-11(2)18-8-12/h4-8,19H,9,17H2,1-3H3. The summed E-state index contributed by atoms with van der Waals surface area (Å²) in [5.41, 5.74) is 10.4. The van der Waals surface area contributed by atoms with Crippen LogP contribution in [0.4, 0.5) is 11.4 Å². The molecule has 2 aromatic rings. The number of esters is 1. The van der Waals surface area contributed by atoms with Crippen LogP contribution in [0.5, 0.6) is 0 Å². The summed E-state index contributed by atoms with van der Waals surface area (Å²) in [5, 5.41) is 3.26. The topological polar surface area (TPSA) is 77.2 Å². The molecule has 2 rings (SSSR count). The molecule has 5 heteroatoms. The van der Waals surface area contributed by atoms with Crippen LogP contribution in [0.2, 0.25) is 0 Å². The van der Waals surface area contributed by atoms with E-state index in [9.17, 15) is 4.79 Å². The van der Waals surface area contributed by atoms with Gasteiger partial charge >= 0.3 is 5.97 Å². The fraction of sp³-hybridized carbons (Fsp3) is 0.250. The van der Waals surface area contributed by atoms with Gasteiger partial charge in [0.05, 0.1) is 12.7 Å². The molecule has 110 valence electrons. The first kappa shape index (κ1) is 14.8. The predicted molar refractivity (Wildman–Crippen MR) is 83.2 cm³/mol. The lowest BCUT2D eigenvalue weighted by atomic mass is 10.1. The highest BCUT2D eigenvalue weighted by Crippen LogP contribution is 2.24. The molecular formula is C16H19N3O2. The zero-order valence-corrected chi connectivity index (χ0v) is 12.4. The van der Waals surface area contributed by atoms with Crippen molar-refractivity contribution in [1.29, 1.82) is 0 Å². The Bertz CT molecular complexity index is 651. The molecule has 0 saturated heterocycles. The third kappa shape index (κ3) is 3.51. The number of benzene rings is 1. The highest BCUT2D eigenvalue weighted by molar-refractivity contribution is 5.97. The fourth-order valence-electron chi connectivity index (χ4n) is 1.99. The number of aromatic nitrogens is 1. The van der Waals surface area contributed by atoms with Crippen LogP contribution in [-0.4, -0.2) is 18.1 Å². The number of nitrogens with zero attached hydrogens (tertiary/aromatic N) is 1. The highest BCUT2D eigenvalue weighted by atomic mass is 16.5. The Morgan fingerprint density at radius 2 is 2.10 bits per heavy atom. The summed E-state index contributed by atoms with van der Waals surface area (Å²) in [6.07, 6.45) is 1.83. The number of rotatable bonds is 4. The van der Waals surface area contributed by atoms with Gasteiger partial charge in [0.25, 0.3) is 0 Å². The first-order valence-corrected chi connectivity index (χ1v) is 6.65. The SMILES string of the molecule is COC(=O)c1cc(NCc2ccc(C)nc2)cc(C)c1N. The maximum Gasteiger partial charge on any atom is 0.340 e. The van der Waals surface area contributed by atoms with Crippen LogP contribution in [0.1, 0.15) is 27.2 Å². The van der Waals surface area contributed by atoms with Crippen LogP contribution in [0, 0.1) is 13.8 Å². The summed E-state index contributed by atoms with van der Waals surface area (Å²) < 4.78 is 4.75. The van der Waals surface area contributed by atoms with Gasteiger partial charge in [-0.1, -0.05) is 6.07 Å². The maximum atomic E-state index is 11.7. The van der Waals surface area contributed by atoms with Crippen molar-refractivity contribution in [2.75, 3.05) is 18.2 Å². The number of anilines is 2. The summed E-state index contributed by atoms with van der Waals surface area (Å²) in [4.78, 5) is 16.0. The zero-order valence-electron chi connectivity index (χ0n) is 12.4. The molecule has 0 aliphatic rings. The Kier molecular flexibility index (Phi) is 4.42. The molecule has 0 amide bonds. The van der Waals surface area contributed by atoms with Crippen LogP contribution in [-0.2, 0) is 11.3 Å². The van der Waals surface area contributed by atoms with Gasteiger partial charge in [-0.3, -0.25) is 4.98 Å². The number of carbonyl (C=O) groups is 1. The summed E-state index contributed by atoms with van der Waals surface area (Å²) >= 11 is 0. The van der Waals surface area contributed by atoms with Crippen molar-refractivity contribution < 1.29 is 9.53 Å². The molecule has 0 fully saturated rings. The van der Waals surface area contributed by atoms with Crippen molar-refractivity contribution >= 4 is 17.3 Å². The molecule has 1 aromatic carbocycles. The van der Waals surface area contributed by atoms with Gasteiger partial charge in [0.15, 0.2) is 0 Å². The second-order valence-corrected chi connectivity index (χ2v) is 4.91. The Hall–Kier alpha value is -2.56. The molecule has 0 spiro atoms. The maximum absolute atomic E-state index is 11.7. The first-order chi connectivity index (χ1) is 10.0. The third-order valence-electron chi connectivity index (χ3n) is 3.26. The van der Waals surface area contributed by atoms with E-state index in [0.29, 0.717) is 17.8 Å². The van der Waals surface area contributed by atoms with Gasteiger partial charge in [0.2, 0.25) is 0 Å². The number of nitrogen functional groups attached to an aromatic ring is 1. The third-order valence-corrected chi connectivity index (χ3v) is 3.26. The van der Waals surface area contributed by atoms with Crippen molar-refractivity contribution in [3.05, 3.63) is 52.8 Å². The van der Waals surface area contributed by atoms with Crippen molar-refractivity contribution in [1.82, 2.24) is 4.98 Å². The lowest BCUT2D eigenvalue weighted by molar-refractivity contribution is 0.0602. The minimum absolute atomic E-state index is 0.377.